The number of halogens is 1. The van der Waals surface area contributed by atoms with Crippen molar-refractivity contribution in [2.45, 2.75) is 43.7 Å². The summed E-state index contributed by atoms with van der Waals surface area (Å²) in [6.45, 7) is 1.88. The molecular weight excluding hydrogens is 505 g/mol. The molecule has 0 bridgehead atoms. The summed E-state index contributed by atoms with van der Waals surface area (Å²) in [6, 6.07) is 7.76. The third kappa shape index (κ3) is 4.24. The van der Waals surface area contributed by atoms with Gasteiger partial charge in [-0.2, -0.15) is 15.3 Å². The molecular formula is C26H26FN9O3. The first-order valence-corrected chi connectivity index (χ1v) is 12.7. The summed E-state index contributed by atoms with van der Waals surface area (Å²) in [5.41, 5.74) is 3.82. The molecule has 3 atom stereocenters. The van der Waals surface area contributed by atoms with Gasteiger partial charge in [-0.25, -0.2) is 18.7 Å². The highest BCUT2D eigenvalue weighted by molar-refractivity contribution is 5.93. The minimum absolute atomic E-state index is 0.0426. The van der Waals surface area contributed by atoms with Crippen molar-refractivity contribution in [3.63, 3.8) is 0 Å². The summed E-state index contributed by atoms with van der Waals surface area (Å²) < 4.78 is 29.7. The number of alkyl halides is 1. The maximum absolute atomic E-state index is 15.2. The van der Waals surface area contributed by atoms with Gasteiger partial charge in [0.1, 0.15) is 11.6 Å². The Morgan fingerprint density at radius 3 is 2.97 bits per heavy atom. The molecule has 0 unspecified atom stereocenters. The first kappa shape index (κ1) is 23.6. The van der Waals surface area contributed by atoms with Crippen LogP contribution in [0.1, 0.15) is 31.6 Å². The second kappa shape index (κ2) is 8.76. The number of nitrogens with one attached hydrogen (secondary N) is 3. The molecule has 5 aromatic rings. The minimum Gasteiger partial charge on any atom is -0.441 e. The molecule has 2 aliphatic rings. The zero-order chi connectivity index (χ0) is 26.7. The third-order valence-electron chi connectivity index (χ3n) is 7.39. The fraction of sp³-hybridized carbons (Fsp3) is 0.346. The lowest BCUT2D eigenvalue weighted by Gasteiger charge is -2.17. The number of carbonyl (C=O) groups is 1. The van der Waals surface area contributed by atoms with Crippen LogP contribution in [0.5, 0.6) is 0 Å². The van der Waals surface area contributed by atoms with Crippen molar-refractivity contribution < 1.29 is 18.7 Å². The van der Waals surface area contributed by atoms with Crippen LogP contribution in [0.15, 0.2) is 49.1 Å². The number of amides is 1. The zero-order valence-corrected chi connectivity index (χ0v) is 21.3. The summed E-state index contributed by atoms with van der Waals surface area (Å²) >= 11 is 0. The van der Waals surface area contributed by atoms with Crippen LogP contribution in [-0.2, 0) is 16.5 Å². The van der Waals surface area contributed by atoms with E-state index in [9.17, 15) is 4.79 Å². The van der Waals surface area contributed by atoms with E-state index in [2.05, 4.69) is 42.1 Å². The molecule has 1 saturated carbocycles. The van der Waals surface area contributed by atoms with Crippen LogP contribution in [-0.4, -0.2) is 65.1 Å². The highest BCUT2D eigenvalue weighted by Crippen LogP contribution is 2.37. The molecule has 0 radical (unpaired) electrons. The number of anilines is 2. The van der Waals surface area contributed by atoms with Crippen LogP contribution < -0.4 is 10.6 Å². The normalized spacial score (nSPS) is 21.9. The molecule has 1 aromatic carbocycles. The van der Waals surface area contributed by atoms with E-state index in [1.807, 2.05) is 37.0 Å². The monoisotopic (exact) mass is 531 g/mol. The number of nitrogens with zero attached hydrogens (tertiary/aromatic N) is 6. The highest BCUT2D eigenvalue weighted by atomic mass is 19.1. The Morgan fingerprint density at radius 1 is 1.26 bits per heavy atom. The standard InChI is InChI=1S/C26H26FN9O3/c1-26(5-6-26)32-25(37)39-19-13-38-23(21(19)27)17-10-20(34-33-17)31-24-22-16(12-30-36(22)8-7-28-24)14-3-4-18-15(9-14)11-29-35(18)2/h3-4,7-12,19,21,23H,5-6,13H2,1-2H3,(H,32,37)(H2,28,31,33,34)/t19-,21+,23-/m0/s1. The van der Waals surface area contributed by atoms with Crippen molar-refractivity contribution in [3.8, 4) is 11.1 Å². The molecule has 13 heteroatoms. The van der Waals surface area contributed by atoms with Gasteiger partial charge in [-0.05, 0) is 37.5 Å². The lowest BCUT2D eigenvalue weighted by Crippen LogP contribution is -2.39. The van der Waals surface area contributed by atoms with E-state index in [-0.39, 0.29) is 12.1 Å². The number of aromatic nitrogens is 7. The number of hydrogen-bond donors (Lipinski definition) is 3. The summed E-state index contributed by atoms with van der Waals surface area (Å²) in [7, 11) is 1.91. The molecule has 7 rings (SSSR count). The van der Waals surface area contributed by atoms with Crippen molar-refractivity contribution in [1.29, 1.82) is 0 Å². The molecule has 0 spiro atoms. The first-order chi connectivity index (χ1) is 18.9. The molecule has 5 heterocycles. The number of rotatable bonds is 6. The Morgan fingerprint density at radius 2 is 2.13 bits per heavy atom. The number of aryl methyl sites for hydroxylation is 1. The number of carbonyl (C=O) groups excluding carboxylic acids is 1. The van der Waals surface area contributed by atoms with Gasteiger partial charge in [0.05, 0.1) is 30.2 Å². The van der Waals surface area contributed by atoms with Crippen molar-refractivity contribution in [2.75, 3.05) is 11.9 Å². The molecule has 1 aliphatic carbocycles. The Balaban J connectivity index is 1.11. The lowest BCUT2D eigenvalue weighted by molar-refractivity contribution is 0.0604. The Kier molecular flexibility index (Phi) is 5.30. The molecule has 200 valence electrons. The average Bonchev–Trinajstić information content (AvgIpc) is 3.37. The van der Waals surface area contributed by atoms with Gasteiger partial charge in [-0.15, -0.1) is 0 Å². The highest BCUT2D eigenvalue weighted by Gasteiger charge is 2.44. The predicted molar refractivity (Wildman–Crippen MR) is 139 cm³/mol. The molecule has 12 nitrogen and oxygen atoms in total. The summed E-state index contributed by atoms with van der Waals surface area (Å²) in [6.07, 6.45) is 4.68. The minimum atomic E-state index is -1.54. The lowest BCUT2D eigenvalue weighted by atomic mass is 10.1. The van der Waals surface area contributed by atoms with Crippen LogP contribution >= 0.6 is 0 Å². The van der Waals surface area contributed by atoms with E-state index >= 15 is 4.39 Å². The third-order valence-corrected chi connectivity index (χ3v) is 7.39. The first-order valence-electron chi connectivity index (χ1n) is 12.7. The van der Waals surface area contributed by atoms with Crippen molar-refractivity contribution in [1.82, 2.24) is 39.9 Å². The smallest absolute Gasteiger partial charge is 0.408 e. The largest absolute Gasteiger partial charge is 0.441 e. The maximum atomic E-state index is 15.2. The van der Waals surface area contributed by atoms with Crippen LogP contribution in [0, 0.1) is 0 Å². The molecule has 4 aromatic heterocycles. The van der Waals surface area contributed by atoms with E-state index in [0.29, 0.717) is 17.3 Å². The Bertz CT molecular complexity index is 1710. The quantitative estimate of drug-likeness (QED) is 0.301. The van der Waals surface area contributed by atoms with Crippen LogP contribution in [0.2, 0.25) is 0 Å². The van der Waals surface area contributed by atoms with Crippen molar-refractivity contribution in [3.05, 3.63) is 54.7 Å². The summed E-state index contributed by atoms with van der Waals surface area (Å²) in [5, 5.41) is 22.9. The van der Waals surface area contributed by atoms with Crippen LogP contribution in [0.3, 0.4) is 0 Å². The second-order valence-electron chi connectivity index (χ2n) is 10.3. The van der Waals surface area contributed by atoms with Gasteiger partial charge in [-0.3, -0.25) is 9.78 Å². The number of benzene rings is 1. The Labute approximate surface area is 221 Å². The van der Waals surface area contributed by atoms with Gasteiger partial charge in [0, 0.05) is 42.0 Å². The number of aromatic amines is 1. The summed E-state index contributed by atoms with van der Waals surface area (Å²) in [5.74, 6) is 0.963. The van der Waals surface area contributed by atoms with Crippen LogP contribution in [0.4, 0.5) is 20.8 Å². The van der Waals surface area contributed by atoms with E-state index in [1.165, 1.54) is 0 Å². The second-order valence-corrected chi connectivity index (χ2v) is 10.3. The van der Waals surface area contributed by atoms with Gasteiger partial charge in [0.25, 0.3) is 0 Å². The molecule has 1 amide bonds. The van der Waals surface area contributed by atoms with E-state index < -0.39 is 24.5 Å². The summed E-state index contributed by atoms with van der Waals surface area (Å²) in [4.78, 5) is 16.6. The van der Waals surface area contributed by atoms with Gasteiger partial charge in [0.2, 0.25) is 0 Å². The van der Waals surface area contributed by atoms with Gasteiger partial charge in [0.15, 0.2) is 23.9 Å². The van der Waals surface area contributed by atoms with Gasteiger partial charge < -0.3 is 20.1 Å². The number of H-pyrrole nitrogens is 1. The van der Waals surface area contributed by atoms with Crippen LogP contribution in [0.25, 0.3) is 27.5 Å². The SMILES string of the molecule is Cn1ncc2cc(-c3cnn4ccnc(Nc5cc([C@@H]6OC[C@H](OC(=O)NC7(C)CC7)[C@H]6F)[nH]n5)c34)ccc21. The van der Waals surface area contributed by atoms with Gasteiger partial charge in [-0.1, -0.05) is 6.07 Å². The maximum Gasteiger partial charge on any atom is 0.408 e. The number of fused-ring (bicyclic) bond motifs is 2. The fourth-order valence-corrected chi connectivity index (χ4v) is 4.91. The number of hydrogen-bond acceptors (Lipinski definition) is 8. The molecule has 2 fully saturated rings. The van der Waals surface area contributed by atoms with Crippen molar-refractivity contribution >= 4 is 34.1 Å². The number of ether oxygens (including phenoxy) is 2. The van der Waals surface area contributed by atoms with E-state index in [4.69, 9.17) is 9.47 Å². The predicted octanol–water partition coefficient (Wildman–Crippen LogP) is 3.81. The Hall–Kier alpha value is -4.52. The van der Waals surface area contributed by atoms with E-state index in [1.54, 1.807) is 29.2 Å². The average molecular weight is 532 g/mol. The van der Waals surface area contributed by atoms with E-state index in [0.717, 1.165) is 40.4 Å². The topological polar surface area (TPSA) is 136 Å². The molecule has 1 aliphatic heterocycles. The van der Waals surface area contributed by atoms with Gasteiger partial charge >= 0.3 is 6.09 Å². The molecule has 1 saturated heterocycles. The zero-order valence-electron chi connectivity index (χ0n) is 21.3. The fourth-order valence-electron chi connectivity index (χ4n) is 4.91. The molecule has 39 heavy (non-hydrogen) atoms. The number of alkyl carbamates (subject to hydrolysis) is 1. The molecule has 3 N–H and O–H groups in total. The van der Waals surface area contributed by atoms with Crippen molar-refractivity contribution in [2.24, 2.45) is 7.05 Å².